The minimum Gasteiger partial charge on any atom is -0.507 e. The Bertz CT molecular complexity index is 1110. The van der Waals surface area contributed by atoms with E-state index < -0.39 is 0 Å². The number of hydrogen-bond acceptors (Lipinski definition) is 3. The Balaban J connectivity index is 2.13. The maximum atomic E-state index is 12.0. The number of phenols is 1. The number of fused-ring (bicyclic) bond motifs is 3. The minimum absolute atomic E-state index is 0.152. The molecule has 4 rings (SSSR count). The van der Waals surface area contributed by atoms with Crippen LogP contribution >= 0.6 is 11.6 Å². The Morgan fingerprint density at radius 2 is 1.91 bits per heavy atom. The molecule has 2 N–H and O–H groups in total. The second-order valence-electron chi connectivity index (χ2n) is 5.44. The predicted octanol–water partition coefficient (Wildman–Crippen LogP) is 3.51. The third kappa shape index (κ3) is 2.09. The molecule has 0 unspecified atom stereocenters. The van der Waals surface area contributed by atoms with Crippen LogP contribution in [-0.2, 0) is 0 Å². The molecule has 4 aromatic rings. The highest BCUT2D eigenvalue weighted by Gasteiger charge is 2.13. The van der Waals surface area contributed by atoms with Gasteiger partial charge in [-0.3, -0.25) is 0 Å². The molecular formula is C17H12ClN3O2. The highest BCUT2D eigenvalue weighted by atomic mass is 35.5. The van der Waals surface area contributed by atoms with Gasteiger partial charge in [0.05, 0.1) is 5.52 Å². The lowest BCUT2D eigenvalue weighted by Crippen LogP contribution is -2.10. The number of nitrogens with one attached hydrogen (secondary N) is 1. The average molecular weight is 326 g/mol. The van der Waals surface area contributed by atoms with Gasteiger partial charge >= 0.3 is 5.69 Å². The average Bonchev–Trinajstić information content (AvgIpc) is 2.89. The lowest BCUT2D eigenvalue weighted by atomic mass is 10.0. The third-order valence-electron chi connectivity index (χ3n) is 3.98. The van der Waals surface area contributed by atoms with Gasteiger partial charge in [0.25, 0.3) is 0 Å². The number of H-pyrrole nitrogens is 1. The molecule has 2 aromatic heterocycles. The van der Waals surface area contributed by atoms with E-state index in [1.807, 2.05) is 25.1 Å². The number of rotatable bonds is 1. The smallest absolute Gasteiger partial charge is 0.348 e. The van der Waals surface area contributed by atoms with E-state index in [0.29, 0.717) is 21.7 Å². The molecule has 0 atom stereocenters. The van der Waals surface area contributed by atoms with E-state index in [1.165, 1.54) is 4.40 Å². The van der Waals surface area contributed by atoms with Crippen molar-refractivity contribution in [2.75, 3.05) is 0 Å². The van der Waals surface area contributed by atoms with Gasteiger partial charge in [0.2, 0.25) is 0 Å². The summed E-state index contributed by atoms with van der Waals surface area (Å²) in [4.78, 5) is 12.0. The fraction of sp³-hybridized carbons (Fsp3) is 0.0588. The van der Waals surface area contributed by atoms with Crippen molar-refractivity contribution >= 4 is 28.2 Å². The fourth-order valence-corrected chi connectivity index (χ4v) is 2.97. The molecule has 0 aliphatic carbocycles. The van der Waals surface area contributed by atoms with Gasteiger partial charge in [0, 0.05) is 16.0 Å². The summed E-state index contributed by atoms with van der Waals surface area (Å²) in [6.45, 7) is 1.92. The van der Waals surface area contributed by atoms with Crippen molar-refractivity contribution < 1.29 is 5.11 Å². The standard InChI is InChI=1S/C17H12ClN3O2/c1-9-6-16-19-20-17(23)21(16)14-7-13(15(22)8-12(9)14)10-2-4-11(18)5-3-10/h2-8,22H,1H3,(H,20,23). The summed E-state index contributed by atoms with van der Waals surface area (Å²) in [5.74, 6) is 0.152. The lowest BCUT2D eigenvalue weighted by Gasteiger charge is -2.10. The van der Waals surface area contributed by atoms with Crippen LogP contribution in [0.4, 0.5) is 0 Å². The molecule has 0 saturated carbocycles. The van der Waals surface area contributed by atoms with Crippen molar-refractivity contribution in [3.05, 3.63) is 63.5 Å². The molecule has 2 aromatic carbocycles. The second-order valence-corrected chi connectivity index (χ2v) is 5.88. The van der Waals surface area contributed by atoms with Crippen LogP contribution in [0.2, 0.25) is 5.02 Å². The van der Waals surface area contributed by atoms with Crippen LogP contribution < -0.4 is 5.69 Å². The van der Waals surface area contributed by atoms with Crippen LogP contribution in [0.15, 0.2) is 47.3 Å². The van der Waals surface area contributed by atoms with Crippen LogP contribution in [0.5, 0.6) is 5.75 Å². The van der Waals surface area contributed by atoms with Crippen LogP contribution in [0, 0.1) is 6.92 Å². The molecule has 2 heterocycles. The summed E-state index contributed by atoms with van der Waals surface area (Å²) < 4.78 is 1.50. The van der Waals surface area contributed by atoms with Gasteiger partial charge in [-0.25, -0.2) is 14.3 Å². The first kappa shape index (κ1) is 13.8. The van der Waals surface area contributed by atoms with Crippen LogP contribution in [0.1, 0.15) is 5.56 Å². The van der Waals surface area contributed by atoms with E-state index in [4.69, 9.17) is 11.6 Å². The van der Waals surface area contributed by atoms with E-state index in [0.717, 1.165) is 16.5 Å². The number of phenolic OH excluding ortho intramolecular Hbond substituents is 1. The fourth-order valence-electron chi connectivity index (χ4n) is 2.85. The SMILES string of the molecule is Cc1cc2n[nH]c(=O)n2c2cc(-c3ccc(Cl)cc3)c(O)cc12. The summed E-state index contributed by atoms with van der Waals surface area (Å²) in [6, 6.07) is 12.5. The predicted molar refractivity (Wildman–Crippen MR) is 90.2 cm³/mol. The summed E-state index contributed by atoms with van der Waals surface area (Å²) in [7, 11) is 0. The number of nitrogens with zero attached hydrogens (tertiary/aromatic N) is 2. The van der Waals surface area contributed by atoms with E-state index in [9.17, 15) is 9.90 Å². The van der Waals surface area contributed by atoms with Gasteiger partial charge < -0.3 is 5.11 Å². The van der Waals surface area contributed by atoms with Crippen molar-refractivity contribution in [3.8, 4) is 16.9 Å². The second kappa shape index (κ2) is 4.86. The summed E-state index contributed by atoms with van der Waals surface area (Å²) in [5.41, 5.74) is 3.32. The molecule has 23 heavy (non-hydrogen) atoms. The van der Waals surface area contributed by atoms with Crippen molar-refractivity contribution in [3.63, 3.8) is 0 Å². The maximum absolute atomic E-state index is 12.0. The Morgan fingerprint density at radius 3 is 2.65 bits per heavy atom. The molecule has 5 nitrogen and oxygen atoms in total. The summed E-state index contributed by atoms with van der Waals surface area (Å²) in [5, 5.41) is 18.3. The van der Waals surface area contributed by atoms with Gasteiger partial charge in [0.1, 0.15) is 5.75 Å². The zero-order valence-electron chi connectivity index (χ0n) is 12.2. The van der Waals surface area contributed by atoms with Gasteiger partial charge in [-0.2, -0.15) is 5.10 Å². The topological polar surface area (TPSA) is 70.4 Å². The van der Waals surface area contributed by atoms with Gasteiger partial charge in [0.15, 0.2) is 5.65 Å². The van der Waals surface area contributed by atoms with Crippen LogP contribution in [0.3, 0.4) is 0 Å². The quantitative estimate of drug-likeness (QED) is 0.562. The lowest BCUT2D eigenvalue weighted by molar-refractivity contribution is 0.478. The monoisotopic (exact) mass is 325 g/mol. The first-order chi connectivity index (χ1) is 11.0. The zero-order valence-corrected chi connectivity index (χ0v) is 12.9. The molecule has 0 spiro atoms. The summed E-state index contributed by atoms with van der Waals surface area (Å²) >= 11 is 5.92. The van der Waals surface area contributed by atoms with E-state index in [-0.39, 0.29) is 11.4 Å². The van der Waals surface area contributed by atoms with Crippen molar-refractivity contribution in [1.29, 1.82) is 0 Å². The number of aryl methyl sites for hydroxylation is 1. The maximum Gasteiger partial charge on any atom is 0.348 e. The summed E-state index contributed by atoms with van der Waals surface area (Å²) in [6.07, 6.45) is 0. The van der Waals surface area contributed by atoms with Crippen LogP contribution in [0.25, 0.3) is 27.7 Å². The molecule has 0 fully saturated rings. The minimum atomic E-state index is -0.308. The van der Waals surface area contributed by atoms with E-state index >= 15 is 0 Å². The number of aromatic hydroxyl groups is 1. The van der Waals surface area contributed by atoms with Gasteiger partial charge in [-0.05, 0) is 48.4 Å². The number of hydrogen-bond donors (Lipinski definition) is 2. The molecule has 0 saturated heterocycles. The molecule has 0 amide bonds. The highest BCUT2D eigenvalue weighted by molar-refractivity contribution is 6.30. The first-order valence-corrected chi connectivity index (χ1v) is 7.42. The Morgan fingerprint density at radius 1 is 1.17 bits per heavy atom. The number of benzene rings is 2. The third-order valence-corrected chi connectivity index (χ3v) is 4.23. The van der Waals surface area contributed by atoms with E-state index in [2.05, 4.69) is 10.2 Å². The zero-order chi connectivity index (χ0) is 16.1. The molecule has 0 aliphatic heterocycles. The van der Waals surface area contributed by atoms with Gasteiger partial charge in [-0.15, -0.1) is 0 Å². The van der Waals surface area contributed by atoms with Crippen molar-refractivity contribution in [2.45, 2.75) is 6.92 Å². The molecular weight excluding hydrogens is 314 g/mol. The number of aromatic amines is 1. The number of pyridine rings is 1. The Kier molecular flexibility index (Phi) is 2.92. The van der Waals surface area contributed by atoms with Crippen molar-refractivity contribution in [2.24, 2.45) is 0 Å². The largest absolute Gasteiger partial charge is 0.507 e. The number of halogens is 1. The highest BCUT2D eigenvalue weighted by Crippen LogP contribution is 2.35. The molecule has 0 bridgehead atoms. The van der Waals surface area contributed by atoms with Gasteiger partial charge in [-0.1, -0.05) is 23.7 Å². The Hall–Kier alpha value is -2.79. The Labute approximate surface area is 135 Å². The van der Waals surface area contributed by atoms with Crippen LogP contribution in [-0.4, -0.2) is 19.7 Å². The van der Waals surface area contributed by atoms with E-state index in [1.54, 1.807) is 24.3 Å². The van der Waals surface area contributed by atoms with Crippen molar-refractivity contribution in [1.82, 2.24) is 14.6 Å². The molecule has 0 radical (unpaired) electrons. The first-order valence-electron chi connectivity index (χ1n) is 7.04. The number of aromatic nitrogens is 3. The molecule has 0 aliphatic rings. The normalized spacial score (nSPS) is 11.4. The molecule has 114 valence electrons. The molecule has 6 heteroatoms.